The van der Waals surface area contributed by atoms with Crippen LogP contribution in [0.5, 0.6) is 5.75 Å². The summed E-state index contributed by atoms with van der Waals surface area (Å²) in [6, 6.07) is 5.14. The fourth-order valence-electron chi connectivity index (χ4n) is 1.10. The van der Waals surface area contributed by atoms with Gasteiger partial charge >= 0.3 is 6.36 Å². The number of halogens is 3. The summed E-state index contributed by atoms with van der Waals surface area (Å²) in [5, 5.41) is 2.46. The Morgan fingerprint density at radius 1 is 1.47 bits per heavy atom. The van der Waals surface area contributed by atoms with Gasteiger partial charge in [-0.15, -0.1) is 13.2 Å². The molecule has 0 aliphatic carbocycles. The fourth-order valence-corrected chi connectivity index (χ4v) is 1.43. The smallest absolute Gasteiger partial charge is 0.406 e. The number of anilines is 1. The standard InChI is InChI=1S/C10H10F3NO2S/c1-17-6-9(15)14-7-3-2-4-8(5-7)16-10(11,12)13/h2-5H,6H2,1H3,(H,14,15). The van der Waals surface area contributed by atoms with Crippen LogP contribution >= 0.6 is 11.8 Å². The highest BCUT2D eigenvalue weighted by Crippen LogP contribution is 2.24. The van der Waals surface area contributed by atoms with Gasteiger partial charge in [-0.1, -0.05) is 6.07 Å². The predicted octanol–water partition coefficient (Wildman–Crippen LogP) is 2.89. The number of carbonyl (C=O) groups is 1. The molecule has 0 saturated heterocycles. The topological polar surface area (TPSA) is 38.3 Å². The molecule has 1 N–H and O–H groups in total. The van der Waals surface area contributed by atoms with Crippen LogP contribution in [0.25, 0.3) is 0 Å². The van der Waals surface area contributed by atoms with Crippen LogP contribution in [0.2, 0.25) is 0 Å². The maximum atomic E-state index is 11.9. The summed E-state index contributed by atoms with van der Waals surface area (Å²) in [5.74, 6) is -0.397. The fraction of sp³-hybridized carbons (Fsp3) is 0.300. The van der Waals surface area contributed by atoms with E-state index in [9.17, 15) is 18.0 Å². The monoisotopic (exact) mass is 265 g/mol. The Balaban J connectivity index is 2.69. The minimum absolute atomic E-state index is 0.240. The van der Waals surface area contributed by atoms with Crippen LogP contribution in [0.4, 0.5) is 18.9 Å². The molecule has 0 aromatic heterocycles. The second-order valence-corrected chi connectivity index (χ2v) is 3.92. The van der Waals surface area contributed by atoms with E-state index >= 15 is 0 Å². The first kappa shape index (κ1) is 13.7. The Kier molecular flexibility index (Phi) is 4.68. The second kappa shape index (κ2) is 5.81. The highest BCUT2D eigenvalue weighted by Gasteiger charge is 2.31. The van der Waals surface area contributed by atoms with Gasteiger partial charge in [-0.2, -0.15) is 11.8 Å². The van der Waals surface area contributed by atoms with Crippen molar-refractivity contribution in [2.24, 2.45) is 0 Å². The molecule has 0 unspecified atom stereocenters. The molecule has 17 heavy (non-hydrogen) atoms. The largest absolute Gasteiger partial charge is 0.573 e. The number of amides is 1. The molecule has 1 rings (SSSR count). The van der Waals surface area contributed by atoms with Gasteiger partial charge in [0.15, 0.2) is 0 Å². The molecule has 1 aromatic rings. The molecule has 1 amide bonds. The van der Waals surface area contributed by atoms with Crippen LogP contribution in [0, 0.1) is 0 Å². The zero-order valence-corrected chi connectivity index (χ0v) is 9.69. The van der Waals surface area contributed by atoms with Crippen molar-refractivity contribution in [3.8, 4) is 5.75 Å². The summed E-state index contributed by atoms with van der Waals surface area (Å²) in [4.78, 5) is 11.2. The van der Waals surface area contributed by atoms with Gasteiger partial charge in [0.1, 0.15) is 5.75 Å². The van der Waals surface area contributed by atoms with E-state index in [1.165, 1.54) is 23.9 Å². The van der Waals surface area contributed by atoms with Gasteiger partial charge in [-0.05, 0) is 18.4 Å². The van der Waals surface area contributed by atoms with E-state index < -0.39 is 6.36 Å². The van der Waals surface area contributed by atoms with E-state index in [0.29, 0.717) is 0 Å². The lowest BCUT2D eigenvalue weighted by molar-refractivity contribution is -0.274. The maximum Gasteiger partial charge on any atom is 0.573 e. The van der Waals surface area contributed by atoms with Crippen LogP contribution in [0.15, 0.2) is 24.3 Å². The third-order valence-electron chi connectivity index (χ3n) is 1.63. The lowest BCUT2D eigenvalue weighted by Gasteiger charge is -2.10. The van der Waals surface area contributed by atoms with Gasteiger partial charge < -0.3 is 10.1 Å². The van der Waals surface area contributed by atoms with Gasteiger partial charge in [0.05, 0.1) is 5.75 Å². The molecule has 0 fully saturated rings. The summed E-state index contributed by atoms with van der Waals surface area (Å²) >= 11 is 1.32. The van der Waals surface area contributed by atoms with Gasteiger partial charge in [-0.25, -0.2) is 0 Å². The Labute approximate surface area is 100 Å². The Bertz CT molecular complexity index is 395. The van der Waals surface area contributed by atoms with Crippen LogP contribution in [0.3, 0.4) is 0 Å². The molecule has 1 aromatic carbocycles. The van der Waals surface area contributed by atoms with Crippen LogP contribution in [0.1, 0.15) is 0 Å². The molecule has 0 saturated carbocycles. The highest BCUT2D eigenvalue weighted by molar-refractivity contribution is 7.99. The number of carbonyl (C=O) groups excluding carboxylic acids is 1. The summed E-state index contributed by atoms with van der Waals surface area (Å²) < 4.78 is 39.6. The number of alkyl halides is 3. The van der Waals surface area contributed by atoms with Crippen molar-refractivity contribution in [2.45, 2.75) is 6.36 Å². The van der Waals surface area contributed by atoms with E-state index in [4.69, 9.17) is 0 Å². The first-order chi connectivity index (χ1) is 7.90. The van der Waals surface area contributed by atoms with Gasteiger partial charge in [0.2, 0.25) is 5.91 Å². The lowest BCUT2D eigenvalue weighted by Crippen LogP contribution is -2.17. The SMILES string of the molecule is CSCC(=O)Nc1cccc(OC(F)(F)F)c1. The first-order valence-electron chi connectivity index (χ1n) is 4.55. The van der Waals surface area contributed by atoms with Crippen molar-refractivity contribution in [1.29, 1.82) is 0 Å². The minimum atomic E-state index is -4.73. The van der Waals surface area contributed by atoms with Crippen molar-refractivity contribution >= 4 is 23.4 Å². The molecule has 0 heterocycles. The molecule has 0 radical (unpaired) electrons. The first-order valence-corrected chi connectivity index (χ1v) is 5.95. The second-order valence-electron chi connectivity index (χ2n) is 3.06. The van der Waals surface area contributed by atoms with Crippen molar-refractivity contribution in [3.63, 3.8) is 0 Å². The third kappa shape index (κ3) is 5.48. The van der Waals surface area contributed by atoms with E-state index in [0.717, 1.165) is 12.1 Å². The van der Waals surface area contributed by atoms with Gasteiger partial charge in [-0.3, -0.25) is 4.79 Å². The Hall–Kier alpha value is -1.37. The van der Waals surface area contributed by atoms with Crippen LogP contribution in [-0.4, -0.2) is 24.3 Å². The molecule has 0 aliphatic heterocycles. The zero-order valence-electron chi connectivity index (χ0n) is 8.88. The molecule has 0 aliphatic rings. The summed E-state index contributed by atoms with van der Waals surface area (Å²) in [7, 11) is 0. The number of thioether (sulfide) groups is 1. The van der Waals surface area contributed by atoms with Crippen molar-refractivity contribution < 1.29 is 22.7 Å². The lowest BCUT2D eigenvalue weighted by atomic mass is 10.3. The van der Waals surface area contributed by atoms with Gasteiger partial charge in [0.25, 0.3) is 0 Å². The van der Waals surface area contributed by atoms with Crippen molar-refractivity contribution in [2.75, 3.05) is 17.3 Å². The summed E-state index contributed by atoms with van der Waals surface area (Å²) in [6.07, 6.45) is -2.98. The quantitative estimate of drug-likeness (QED) is 0.909. The van der Waals surface area contributed by atoms with Crippen molar-refractivity contribution in [3.05, 3.63) is 24.3 Å². The van der Waals surface area contributed by atoms with Gasteiger partial charge in [0, 0.05) is 11.8 Å². The number of ether oxygens (including phenoxy) is 1. The van der Waals surface area contributed by atoms with E-state index in [-0.39, 0.29) is 23.1 Å². The predicted molar refractivity (Wildman–Crippen MR) is 60.1 cm³/mol. The Morgan fingerprint density at radius 2 is 2.18 bits per heavy atom. The van der Waals surface area contributed by atoms with E-state index in [2.05, 4.69) is 10.1 Å². The maximum absolute atomic E-state index is 11.9. The minimum Gasteiger partial charge on any atom is -0.406 e. The van der Waals surface area contributed by atoms with E-state index in [1.54, 1.807) is 6.26 Å². The highest BCUT2D eigenvalue weighted by atomic mass is 32.2. The number of hydrogen-bond acceptors (Lipinski definition) is 3. The molecule has 0 atom stereocenters. The molecule has 0 spiro atoms. The third-order valence-corrected chi connectivity index (χ3v) is 2.18. The zero-order chi connectivity index (χ0) is 12.9. The Morgan fingerprint density at radius 3 is 2.76 bits per heavy atom. The molecule has 0 bridgehead atoms. The number of benzene rings is 1. The number of nitrogens with one attached hydrogen (secondary N) is 1. The molecular weight excluding hydrogens is 255 g/mol. The average molecular weight is 265 g/mol. The molecule has 94 valence electrons. The van der Waals surface area contributed by atoms with Crippen LogP contribution in [-0.2, 0) is 4.79 Å². The normalized spacial score (nSPS) is 11.1. The summed E-state index contributed by atoms with van der Waals surface area (Å²) in [6.45, 7) is 0. The van der Waals surface area contributed by atoms with Crippen molar-refractivity contribution in [1.82, 2.24) is 0 Å². The van der Waals surface area contributed by atoms with Crippen LogP contribution < -0.4 is 10.1 Å². The van der Waals surface area contributed by atoms with E-state index in [1.807, 2.05) is 0 Å². The molecule has 7 heteroatoms. The molecular formula is C10H10F3NO2S. The summed E-state index contributed by atoms with van der Waals surface area (Å²) in [5.41, 5.74) is 0.269. The molecule has 3 nitrogen and oxygen atoms in total. The number of rotatable bonds is 4. The number of hydrogen-bond donors (Lipinski definition) is 1. The average Bonchev–Trinajstić information content (AvgIpc) is 2.15.